The molecular formula is C17H14BrCl2NO. The molecule has 0 unspecified atom stereocenters. The number of hydrogen-bond acceptors (Lipinski definition) is 2. The van der Waals surface area contributed by atoms with Crippen LogP contribution in [0.5, 0.6) is 5.75 Å². The van der Waals surface area contributed by atoms with E-state index in [1.54, 1.807) is 12.1 Å². The van der Waals surface area contributed by atoms with Crippen molar-refractivity contribution in [1.82, 2.24) is 0 Å². The Morgan fingerprint density at radius 3 is 2.50 bits per heavy atom. The number of hydrogen-bond donors (Lipinski definition) is 0. The molecule has 2 aromatic rings. The maximum Gasteiger partial charge on any atom is 0.119 e. The number of nitrogens with zero attached hydrogens (tertiary/aromatic N) is 1. The SMILES string of the molecule is N#C[C@@H](CCCOc1ccc(Br)cc1)c1ccc(Cl)cc1Cl. The summed E-state index contributed by atoms with van der Waals surface area (Å²) >= 11 is 15.4. The second kappa shape index (κ2) is 8.43. The molecule has 22 heavy (non-hydrogen) atoms. The first-order valence-corrected chi connectivity index (χ1v) is 8.38. The molecule has 0 saturated heterocycles. The first kappa shape index (κ1) is 17.1. The molecule has 0 radical (unpaired) electrons. The van der Waals surface area contributed by atoms with Crippen molar-refractivity contribution < 1.29 is 4.74 Å². The van der Waals surface area contributed by atoms with Crippen LogP contribution in [0.3, 0.4) is 0 Å². The molecule has 2 rings (SSSR count). The Balaban J connectivity index is 1.86. The van der Waals surface area contributed by atoms with Crippen molar-refractivity contribution in [2.45, 2.75) is 18.8 Å². The summed E-state index contributed by atoms with van der Waals surface area (Å²) < 4.78 is 6.67. The first-order chi connectivity index (χ1) is 10.6. The predicted octanol–water partition coefficient (Wildman–Crippen LogP) is 6.22. The minimum atomic E-state index is -0.252. The van der Waals surface area contributed by atoms with Gasteiger partial charge in [0.2, 0.25) is 0 Å². The minimum absolute atomic E-state index is 0.252. The van der Waals surface area contributed by atoms with Gasteiger partial charge in [0.25, 0.3) is 0 Å². The second-order valence-electron chi connectivity index (χ2n) is 4.79. The number of benzene rings is 2. The molecule has 0 aliphatic heterocycles. The highest BCUT2D eigenvalue weighted by molar-refractivity contribution is 9.10. The molecule has 0 aliphatic rings. The summed E-state index contributed by atoms with van der Waals surface area (Å²) in [7, 11) is 0. The normalized spacial score (nSPS) is 11.7. The average molecular weight is 399 g/mol. The Kier molecular flexibility index (Phi) is 6.57. The van der Waals surface area contributed by atoms with E-state index in [0.717, 1.165) is 22.2 Å². The van der Waals surface area contributed by atoms with Crippen LogP contribution in [0.2, 0.25) is 10.0 Å². The summed E-state index contributed by atoms with van der Waals surface area (Å²) in [5, 5.41) is 10.4. The fourth-order valence-corrected chi connectivity index (χ4v) is 2.89. The Morgan fingerprint density at radius 2 is 1.86 bits per heavy atom. The second-order valence-corrected chi connectivity index (χ2v) is 6.55. The maximum atomic E-state index is 9.33. The van der Waals surface area contributed by atoms with E-state index in [4.69, 9.17) is 27.9 Å². The molecule has 5 heteroatoms. The van der Waals surface area contributed by atoms with Crippen LogP contribution >= 0.6 is 39.1 Å². The van der Waals surface area contributed by atoms with Crippen LogP contribution in [0.1, 0.15) is 24.3 Å². The van der Waals surface area contributed by atoms with Gasteiger partial charge in [-0.05, 0) is 54.8 Å². The van der Waals surface area contributed by atoms with E-state index in [2.05, 4.69) is 22.0 Å². The monoisotopic (exact) mass is 397 g/mol. The number of rotatable bonds is 6. The Hall–Kier alpha value is -1.21. The molecule has 0 spiro atoms. The van der Waals surface area contributed by atoms with Crippen LogP contribution in [0.15, 0.2) is 46.9 Å². The van der Waals surface area contributed by atoms with Gasteiger partial charge in [0, 0.05) is 14.5 Å². The third-order valence-electron chi connectivity index (χ3n) is 3.21. The van der Waals surface area contributed by atoms with Gasteiger partial charge in [-0.25, -0.2) is 0 Å². The van der Waals surface area contributed by atoms with Crippen LogP contribution in [0.4, 0.5) is 0 Å². The molecule has 0 N–H and O–H groups in total. The number of nitriles is 1. The molecule has 2 nitrogen and oxygen atoms in total. The average Bonchev–Trinajstić information content (AvgIpc) is 2.50. The number of halogens is 3. The van der Waals surface area contributed by atoms with Gasteiger partial charge >= 0.3 is 0 Å². The largest absolute Gasteiger partial charge is 0.494 e. The van der Waals surface area contributed by atoms with Crippen molar-refractivity contribution in [2.75, 3.05) is 6.61 Å². The molecule has 0 aliphatic carbocycles. The molecule has 2 aromatic carbocycles. The maximum absolute atomic E-state index is 9.33. The van der Waals surface area contributed by atoms with Gasteiger partial charge in [-0.15, -0.1) is 0 Å². The Labute approximate surface area is 148 Å². The third kappa shape index (κ3) is 4.91. The molecular weight excluding hydrogens is 385 g/mol. The van der Waals surface area contributed by atoms with Gasteiger partial charge in [-0.1, -0.05) is 45.2 Å². The van der Waals surface area contributed by atoms with E-state index in [9.17, 15) is 5.26 Å². The van der Waals surface area contributed by atoms with Crippen molar-refractivity contribution in [3.63, 3.8) is 0 Å². The highest BCUT2D eigenvalue weighted by Crippen LogP contribution is 2.30. The van der Waals surface area contributed by atoms with Crippen LogP contribution in [-0.4, -0.2) is 6.61 Å². The van der Waals surface area contributed by atoms with Crippen LogP contribution in [-0.2, 0) is 0 Å². The van der Waals surface area contributed by atoms with E-state index >= 15 is 0 Å². The fraction of sp³-hybridized carbons (Fsp3) is 0.235. The van der Waals surface area contributed by atoms with Crippen molar-refractivity contribution in [2.24, 2.45) is 0 Å². The van der Waals surface area contributed by atoms with Crippen molar-refractivity contribution in [3.05, 3.63) is 62.5 Å². The highest BCUT2D eigenvalue weighted by Gasteiger charge is 2.14. The van der Waals surface area contributed by atoms with Gasteiger partial charge in [-0.3, -0.25) is 0 Å². The molecule has 0 fully saturated rings. The van der Waals surface area contributed by atoms with Crippen molar-refractivity contribution in [1.29, 1.82) is 5.26 Å². The van der Waals surface area contributed by atoms with Gasteiger partial charge in [0.15, 0.2) is 0 Å². The zero-order valence-electron chi connectivity index (χ0n) is 11.7. The number of ether oxygens (including phenoxy) is 1. The topological polar surface area (TPSA) is 33.0 Å². The molecule has 0 heterocycles. The van der Waals surface area contributed by atoms with Gasteiger partial charge < -0.3 is 4.74 Å². The fourth-order valence-electron chi connectivity index (χ4n) is 2.08. The van der Waals surface area contributed by atoms with Crippen molar-refractivity contribution >= 4 is 39.1 Å². The van der Waals surface area contributed by atoms with Gasteiger partial charge in [0.1, 0.15) is 5.75 Å². The molecule has 114 valence electrons. The molecule has 0 amide bonds. The van der Waals surface area contributed by atoms with E-state index in [1.165, 1.54) is 0 Å². The van der Waals surface area contributed by atoms with Crippen LogP contribution in [0.25, 0.3) is 0 Å². The van der Waals surface area contributed by atoms with Crippen molar-refractivity contribution in [3.8, 4) is 11.8 Å². The quantitative estimate of drug-likeness (QED) is 0.541. The zero-order chi connectivity index (χ0) is 15.9. The van der Waals surface area contributed by atoms with Gasteiger partial charge in [-0.2, -0.15) is 5.26 Å². The summed E-state index contributed by atoms with van der Waals surface area (Å²) in [6, 6.07) is 15.2. The first-order valence-electron chi connectivity index (χ1n) is 6.83. The molecule has 0 aromatic heterocycles. The zero-order valence-corrected chi connectivity index (χ0v) is 14.8. The molecule has 0 bridgehead atoms. The predicted molar refractivity (Wildman–Crippen MR) is 93.7 cm³/mol. The lowest BCUT2D eigenvalue weighted by Gasteiger charge is -2.12. The van der Waals surface area contributed by atoms with E-state index in [0.29, 0.717) is 23.1 Å². The standard InChI is InChI=1S/C17H14BrCl2NO/c18-13-3-6-15(7-4-13)22-9-1-2-12(11-21)16-8-5-14(19)10-17(16)20/h3-8,10,12H,1-2,9H2/t12-/m1/s1. The molecule has 0 saturated carbocycles. The summed E-state index contributed by atoms with van der Waals surface area (Å²) in [5.41, 5.74) is 0.817. The Morgan fingerprint density at radius 1 is 1.14 bits per heavy atom. The van der Waals surface area contributed by atoms with Gasteiger partial charge in [0.05, 0.1) is 18.6 Å². The lowest BCUT2D eigenvalue weighted by Crippen LogP contribution is -2.02. The Bertz CT molecular complexity index is 667. The summed E-state index contributed by atoms with van der Waals surface area (Å²) in [6.07, 6.45) is 1.46. The third-order valence-corrected chi connectivity index (χ3v) is 4.30. The summed E-state index contributed by atoms with van der Waals surface area (Å²) in [5.74, 6) is 0.569. The van der Waals surface area contributed by atoms with E-state index in [-0.39, 0.29) is 5.92 Å². The highest BCUT2D eigenvalue weighted by atomic mass is 79.9. The van der Waals surface area contributed by atoms with E-state index in [1.807, 2.05) is 30.3 Å². The molecule has 1 atom stereocenters. The van der Waals surface area contributed by atoms with Crippen LogP contribution in [0, 0.1) is 11.3 Å². The lowest BCUT2D eigenvalue weighted by atomic mass is 9.96. The summed E-state index contributed by atoms with van der Waals surface area (Å²) in [6.45, 7) is 0.561. The minimum Gasteiger partial charge on any atom is -0.494 e. The van der Waals surface area contributed by atoms with Crippen LogP contribution < -0.4 is 4.74 Å². The lowest BCUT2D eigenvalue weighted by molar-refractivity contribution is 0.305. The van der Waals surface area contributed by atoms with E-state index < -0.39 is 0 Å². The summed E-state index contributed by atoms with van der Waals surface area (Å²) in [4.78, 5) is 0. The smallest absolute Gasteiger partial charge is 0.119 e.